The van der Waals surface area contributed by atoms with Crippen molar-refractivity contribution in [3.05, 3.63) is 101 Å². The van der Waals surface area contributed by atoms with Crippen molar-refractivity contribution in [2.45, 2.75) is 19.5 Å². The highest BCUT2D eigenvalue weighted by molar-refractivity contribution is 6.04. The molecule has 0 radical (unpaired) electrons. The summed E-state index contributed by atoms with van der Waals surface area (Å²) >= 11 is 0. The molecule has 3 aromatic rings. The highest BCUT2D eigenvalue weighted by Gasteiger charge is 2.10. The number of benzene rings is 3. The van der Waals surface area contributed by atoms with Crippen molar-refractivity contribution < 1.29 is 14.0 Å². The third-order valence-electron chi connectivity index (χ3n) is 4.39. The van der Waals surface area contributed by atoms with Crippen molar-refractivity contribution in [1.82, 2.24) is 10.6 Å². The molecule has 0 aliphatic rings. The SMILES string of the molecule is CC(NC(=O)NCc1cccc(C(=O)Nc2ccccc2)c1)c1ccc(F)cc1. The molecule has 0 aliphatic heterocycles. The number of anilines is 1. The molecule has 3 N–H and O–H groups in total. The Morgan fingerprint density at radius 1 is 0.931 bits per heavy atom. The van der Waals surface area contributed by atoms with Gasteiger partial charge in [-0.1, -0.05) is 42.5 Å². The van der Waals surface area contributed by atoms with Crippen molar-refractivity contribution >= 4 is 17.6 Å². The molecule has 0 aromatic heterocycles. The predicted molar refractivity (Wildman–Crippen MR) is 111 cm³/mol. The lowest BCUT2D eigenvalue weighted by atomic mass is 10.1. The Kier molecular flexibility index (Phi) is 6.58. The number of para-hydroxylation sites is 1. The number of hydrogen-bond acceptors (Lipinski definition) is 2. The molecule has 29 heavy (non-hydrogen) atoms. The molecule has 5 nitrogen and oxygen atoms in total. The van der Waals surface area contributed by atoms with Crippen molar-refractivity contribution in [1.29, 1.82) is 0 Å². The van der Waals surface area contributed by atoms with Crippen LogP contribution in [0.2, 0.25) is 0 Å². The highest BCUT2D eigenvalue weighted by atomic mass is 19.1. The molecule has 0 fully saturated rings. The zero-order valence-corrected chi connectivity index (χ0v) is 16.0. The van der Waals surface area contributed by atoms with E-state index in [9.17, 15) is 14.0 Å². The van der Waals surface area contributed by atoms with Crippen molar-refractivity contribution in [2.75, 3.05) is 5.32 Å². The maximum Gasteiger partial charge on any atom is 0.315 e. The van der Waals surface area contributed by atoms with Crippen LogP contribution in [0.5, 0.6) is 0 Å². The van der Waals surface area contributed by atoms with Gasteiger partial charge in [-0.2, -0.15) is 0 Å². The number of urea groups is 1. The third-order valence-corrected chi connectivity index (χ3v) is 4.39. The Bertz CT molecular complexity index is 975. The lowest BCUT2D eigenvalue weighted by Crippen LogP contribution is -2.36. The molecule has 3 amide bonds. The maximum atomic E-state index is 13.0. The molecule has 0 spiro atoms. The summed E-state index contributed by atoms with van der Waals surface area (Å²) in [6, 6.07) is 21.6. The van der Waals surface area contributed by atoms with E-state index in [1.165, 1.54) is 12.1 Å². The van der Waals surface area contributed by atoms with E-state index < -0.39 is 0 Å². The van der Waals surface area contributed by atoms with Gasteiger partial charge in [-0.3, -0.25) is 4.79 Å². The largest absolute Gasteiger partial charge is 0.334 e. The summed E-state index contributed by atoms with van der Waals surface area (Å²) in [5.74, 6) is -0.533. The molecule has 0 saturated carbocycles. The van der Waals surface area contributed by atoms with Crippen LogP contribution in [0.15, 0.2) is 78.9 Å². The first kappa shape index (κ1) is 20.1. The second-order valence-corrected chi connectivity index (χ2v) is 6.62. The van der Waals surface area contributed by atoms with Crippen LogP contribution in [0, 0.1) is 5.82 Å². The van der Waals surface area contributed by atoms with Crippen LogP contribution in [-0.2, 0) is 6.54 Å². The zero-order chi connectivity index (χ0) is 20.6. The lowest BCUT2D eigenvalue weighted by Gasteiger charge is -2.15. The van der Waals surface area contributed by atoms with E-state index in [4.69, 9.17) is 0 Å². The first-order valence-electron chi connectivity index (χ1n) is 9.26. The highest BCUT2D eigenvalue weighted by Crippen LogP contribution is 2.13. The van der Waals surface area contributed by atoms with Gasteiger partial charge in [-0.05, 0) is 54.4 Å². The molecule has 148 valence electrons. The summed E-state index contributed by atoms with van der Waals surface area (Å²) < 4.78 is 13.0. The summed E-state index contributed by atoms with van der Waals surface area (Å²) in [7, 11) is 0. The Hall–Kier alpha value is -3.67. The van der Waals surface area contributed by atoms with Gasteiger partial charge in [0.25, 0.3) is 5.91 Å². The number of carbonyl (C=O) groups excluding carboxylic acids is 2. The summed E-state index contributed by atoms with van der Waals surface area (Å²) in [6.07, 6.45) is 0. The quantitative estimate of drug-likeness (QED) is 0.573. The van der Waals surface area contributed by atoms with Crippen LogP contribution in [0.1, 0.15) is 34.5 Å². The monoisotopic (exact) mass is 391 g/mol. The Labute approximate surface area is 169 Å². The number of halogens is 1. The Morgan fingerprint density at radius 2 is 1.66 bits per heavy atom. The van der Waals surface area contributed by atoms with Gasteiger partial charge in [-0.25, -0.2) is 9.18 Å². The van der Waals surface area contributed by atoms with Crippen molar-refractivity contribution in [3.63, 3.8) is 0 Å². The van der Waals surface area contributed by atoms with E-state index in [2.05, 4.69) is 16.0 Å². The lowest BCUT2D eigenvalue weighted by molar-refractivity contribution is 0.102. The fraction of sp³-hybridized carbons (Fsp3) is 0.130. The molecule has 1 unspecified atom stereocenters. The first-order valence-corrected chi connectivity index (χ1v) is 9.26. The average molecular weight is 391 g/mol. The maximum absolute atomic E-state index is 13.0. The topological polar surface area (TPSA) is 70.2 Å². The number of amides is 3. The predicted octanol–water partition coefficient (Wildman–Crippen LogP) is 4.64. The zero-order valence-electron chi connectivity index (χ0n) is 16.0. The fourth-order valence-corrected chi connectivity index (χ4v) is 2.81. The van der Waals surface area contributed by atoms with E-state index >= 15 is 0 Å². The van der Waals surface area contributed by atoms with Crippen LogP contribution < -0.4 is 16.0 Å². The summed E-state index contributed by atoms with van der Waals surface area (Å²) in [5, 5.41) is 8.41. The first-order chi connectivity index (χ1) is 14.0. The van der Waals surface area contributed by atoms with E-state index in [0.29, 0.717) is 5.56 Å². The standard InChI is InChI=1S/C23H22FN3O2/c1-16(18-10-12-20(24)13-11-18)26-23(29)25-15-17-6-5-7-19(14-17)22(28)27-21-8-3-2-4-9-21/h2-14,16H,15H2,1H3,(H,27,28)(H2,25,26,29). The van der Waals surface area contributed by atoms with Crippen LogP contribution in [0.3, 0.4) is 0 Å². The van der Waals surface area contributed by atoms with Gasteiger partial charge in [0.15, 0.2) is 0 Å². The van der Waals surface area contributed by atoms with Gasteiger partial charge in [0.1, 0.15) is 5.82 Å². The summed E-state index contributed by atoms with van der Waals surface area (Å²) in [5.41, 5.74) is 2.83. The molecule has 0 heterocycles. The van der Waals surface area contributed by atoms with Gasteiger partial charge in [-0.15, -0.1) is 0 Å². The minimum Gasteiger partial charge on any atom is -0.334 e. The molecule has 0 saturated heterocycles. The smallest absolute Gasteiger partial charge is 0.315 e. The van der Waals surface area contributed by atoms with Crippen molar-refractivity contribution in [2.24, 2.45) is 0 Å². The van der Waals surface area contributed by atoms with Crippen molar-refractivity contribution in [3.8, 4) is 0 Å². The minimum absolute atomic E-state index is 0.215. The summed E-state index contributed by atoms with van der Waals surface area (Å²) in [4.78, 5) is 24.5. The molecular weight excluding hydrogens is 369 g/mol. The molecule has 3 aromatic carbocycles. The van der Waals surface area contributed by atoms with Crippen LogP contribution in [0.25, 0.3) is 0 Å². The number of nitrogens with one attached hydrogen (secondary N) is 3. The van der Waals surface area contributed by atoms with Gasteiger partial charge in [0, 0.05) is 17.8 Å². The molecular formula is C23H22FN3O2. The van der Waals surface area contributed by atoms with Gasteiger partial charge in [0.2, 0.25) is 0 Å². The number of hydrogen-bond donors (Lipinski definition) is 3. The second-order valence-electron chi connectivity index (χ2n) is 6.62. The van der Waals surface area contributed by atoms with Crippen LogP contribution in [0.4, 0.5) is 14.9 Å². The van der Waals surface area contributed by atoms with Gasteiger partial charge in [0.05, 0.1) is 6.04 Å². The number of rotatable bonds is 6. The van der Waals surface area contributed by atoms with Gasteiger partial charge < -0.3 is 16.0 Å². The second kappa shape index (κ2) is 9.50. The normalized spacial score (nSPS) is 11.4. The molecule has 6 heteroatoms. The average Bonchev–Trinajstić information content (AvgIpc) is 2.73. The molecule has 1 atom stereocenters. The van der Waals surface area contributed by atoms with Crippen LogP contribution >= 0.6 is 0 Å². The summed E-state index contributed by atoms with van der Waals surface area (Å²) in [6.45, 7) is 2.09. The molecule has 0 bridgehead atoms. The van der Waals surface area contributed by atoms with E-state index in [0.717, 1.165) is 16.8 Å². The van der Waals surface area contributed by atoms with Gasteiger partial charge >= 0.3 is 6.03 Å². The van der Waals surface area contributed by atoms with E-state index in [1.807, 2.05) is 43.3 Å². The fourth-order valence-electron chi connectivity index (χ4n) is 2.81. The van der Waals surface area contributed by atoms with E-state index in [-0.39, 0.29) is 30.3 Å². The minimum atomic E-state index is -0.346. The molecule has 3 rings (SSSR count). The third kappa shape index (κ3) is 5.90. The van der Waals surface area contributed by atoms with E-state index in [1.54, 1.807) is 30.3 Å². The Balaban J connectivity index is 1.54. The van der Waals surface area contributed by atoms with Crippen LogP contribution in [-0.4, -0.2) is 11.9 Å². The number of carbonyl (C=O) groups is 2. The molecule has 0 aliphatic carbocycles. The Morgan fingerprint density at radius 3 is 2.38 bits per heavy atom.